The SMILES string of the molecule is NC(=O)CN1CCN(C(=O)COc2ccccc2Cc2ccccc2)CC1. The van der Waals surface area contributed by atoms with Crippen LogP contribution < -0.4 is 10.5 Å². The Morgan fingerprint density at radius 1 is 0.926 bits per heavy atom. The molecule has 0 spiro atoms. The number of piperazine rings is 1. The predicted octanol–water partition coefficient (Wildman–Crippen LogP) is 1.29. The summed E-state index contributed by atoms with van der Waals surface area (Å²) in [7, 11) is 0. The van der Waals surface area contributed by atoms with E-state index in [1.165, 1.54) is 5.56 Å². The van der Waals surface area contributed by atoms with Crippen LogP contribution in [0.5, 0.6) is 5.75 Å². The maximum Gasteiger partial charge on any atom is 0.260 e. The number of ether oxygens (including phenoxy) is 1. The van der Waals surface area contributed by atoms with Gasteiger partial charge in [0.05, 0.1) is 6.54 Å². The standard InChI is InChI=1S/C21H25N3O3/c22-20(25)15-23-10-12-24(13-11-23)21(26)16-27-19-9-5-4-8-18(19)14-17-6-2-1-3-7-17/h1-9H,10-16H2,(H2,22,25). The van der Waals surface area contributed by atoms with Crippen molar-refractivity contribution in [2.45, 2.75) is 6.42 Å². The lowest BCUT2D eigenvalue weighted by Gasteiger charge is -2.34. The van der Waals surface area contributed by atoms with Gasteiger partial charge >= 0.3 is 0 Å². The van der Waals surface area contributed by atoms with Gasteiger partial charge in [0, 0.05) is 32.6 Å². The van der Waals surface area contributed by atoms with E-state index in [-0.39, 0.29) is 25.0 Å². The molecule has 2 aromatic rings. The molecule has 1 fully saturated rings. The lowest BCUT2D eigenvalue weighted by molar-refractivity contribution is -0.135. The highest BCUT2D eigenvalue weighted by atomic mass is 16.5. The molecule has 0 aromatic heterocycles. The lowest BCUT2D eigenvalue weighted by atomic mass is 10.0. The lowest BCUT2D eigenvalue weighted by Crippen LogP contribution is -2.51. The highest BCUT2D eigenvalue weighted by molar-refractivity contribution is 5.78. The molecule has 0 atom stereocenters. The van der Waals surface area contributed by atoms with Gasteiger partial charge in [-0.25, -0.2) is 0 Å². The minimum Gasteiger partial charge on any atom is -0.483 e. The fourth-order valence-corrected chi connectivity index (χ4v) is 3.21. The van der Waals surface area contributed by atoms with E-state index >= 15 is 0 Å². The van der Waals surface area contributed by atoms with E-state index in [0.29, 0.717) is 26.2 Å². The zero-order chi connectivity index (χ0) is 19.1. The van der Waals surface area contributed by atoms with Crippen molar-refractivity contribution in [3.63, 3.8) is 0 Å². The Morgan fingerprint density at radius 2 is 1.59 bits per heavy atom. The van der Waals surface area contributed by atoms with Gasteiger partial charge in [-0.15, -0.1) is 0 Å². The molecule has 1 aliphatic rings. The molecule has 142 valence electrons. The quantitative estimate of drug-likeness (QED) is 0.800. The fraction of sp³-hybridized carbons (Fsp3) is 0.333. The highest BCUT2D eigenvalue weighted by Gasteiger charge is 2.22. The van der Waals surface area contributed by atoms with Crippen molar-refractivity contribution in [3.05, 3.63) is 65.7 Å². The number of carbonyl (C=O) groups excluding carboxylic acids is 2. The molecule has 0 radical (unpaired) electrons. The molecule has 0 aliphatic carbocycles. The maximum absolute atomic E-state index is 12.5. The van der Waals surface area contributed by atoms with Crippen molar-refractivity contribution in [3.8, 4) is 5.75 Å². The number of amides is 2. The van der Waals surface area contributed by atoms with Crippen LogP contribution in [0.15, 0.2) is 54.6 Å². The second-order valence-electron chi connectivity index (χ2n) is 6.68. The van der Waals surface area contributed by atoms with E-state index in [4.69, 9.17) is 10.5 Å². The third-order valence-electron chi connectivity index (χ3n) is 4.67. The average molecular weight is 367 g/mol. The van der Waals surface area contributed by atoms with Crippen molar-refractivity contribution < 1.29 is 14.3 Å². The molecule has 6 heteroatoms. The Morgan fingerprint density at radius 3 is 2.30 bits per heavy atom. The van der Waals surface area contributed by atoms with Gasteiger partial charge in [-0.1, -0.05) is 48.5 Å². The van der Waals surface area contributed by atoms with Crippen molar-refractivity contribution >= 4 is 11.8 Å². The molecule has 0 unspecified atom stereocenters. The Kier molecular flexibility index (Phi) is 6.44. The Bertz CT molecular complexity index is 771. The van der Waals surface area contributed by atoms with Gasteiger partial charge in [-0.2, -0.15) is 0 Å². The number of carbonyl (C=O) groups is 2. The first kappa shape index (κ1) is 18.9. The van der Waals surface area contributed by atoms with Crippen LogP contribution in [0.25, 0.3) is 0 Å². The molecule has 2 aromatic carbocycles. The van der Waals surface area contributed by atoms with Gasteiger partial charge in [0.25, 0.3) is 5.91 Å². The van der Waals surface area contributed by atoms with Crippen LogP contribution in [-0.4, -0.2) is 60.9 Å². The van der Waals surface area contributed by atoms with E-state index in [0.717, 1.165) is 17.7 Å². The minimum atomic E-state index is -0.340. The van der Waals surface area contributed by atoms with Crippen LogP contribution in [0.2, 0.25) is 0 Å². The molecule has 6 nitrogen and oxygen atoms in total. The van der Waals surface area contributed by atoms with E-state index in [1.807, 2.05) is 47.4 Å². The summed E-state index contributed by atoms with van der Waals surface area (Å²) in [5.74, 6) is 0.360. The van der Waals surface area contributed by atoms with E-state index in [1.54, 1.807) is 4.90 Å². The summed E-state index contributed by atoms with van der Waals surface area (Å²) in [6.45, 7) is 2.73. The molecule has 1 aliphatic heterocycles. The van der Waals surface area contributed by atoms with Gasteiger partial charge in [-0.05, 0) is 17.2 Å². The highest BCUT2D eigenvalue weighted by Crippen LogP contribution is 2.21. The summed E-state index contributed by atoms with van der Waals surface area (Å²) < 4.78 is 5.84. The molecule has 0 bridgehead atoms. The Hall–Kier alpha value is -2.86. The van der Waals surface area contributed by atoms with Gasteiger partial charge in [-0.3, -0.25) is 14.5 Å². The summed E-state index contributed by atoms with van der Waals surface area (Å²) in [4.78, 5) is 27.2. The summed E-state index contributed by atoms with van der Waals surface area (Å²) in [6.07, 6.45) is 0.761. The summed E-state index contributed by atoms with van der Waals surface area (Å²) in [6, 6.07) is 18.0. The number of nitrogens with two attached hydrogens (primary N) is 1. The zero-order valence-corrected chi connectivity index (χ0v) is 15.3. The number of nitrogens with zero attached hydrogens (tertiary/aromatic N) is 2. The Balaban J connectivity index is 1.53. The summed E-state index contributed by atoms with van der Waals surface area (Å²) in [5, 5.41) is 0. The molecule has 1 heterocycles. The molecule has 1 saturated heterocycles. The minimum absolute atomic E-state index is 0.0155. The van der Waals surface area contributed by atoms with Crippen LogP contribution in [0, 0.1) is 0 Å². The van der Waals surface area contributed by atoms with Crippen LogP contribution in [0.3, 0.4) is 0 Å². The third kappa shape index (κ3) is 5.56. The first-order valence-corrected chi connectivity index (χ1v) is 9.15. The fourth-order valence-electron chi connectivity index (χ4n) is 3.21. The monoisotopic (exact) mass is 367 g/mol. The number of hydrogen-bond donors (Lipinski definition) is 1. The van der Waals surface area contributed by atoms with Crippen LogP contribution in [0.4, 0.5) is 0 Å². The predicted molar refractivity (Wildman–Crippen MR) is 103 cm³/mol. The van der Waals surface area contributed by atoms with Gasteiger partial charge in [0.1, 0.15) is 5.75 Å². The van der Waals surface area contributed by atoms with Crippen molar-refractivity contribution in [1.82, 2.24) is 9.80 Å². The summed E-state index contributed by atoms with van der Waals surface area (Å²) >= 11 is 0. The van der Waals surface area contributed by atoms with Crippen LogP contribution >= 0.6 is 0 Å². The van der Waals surface area contributed by atoms with Crippen LogP contribution in [-0.2, 0) is 16.0 Å². The topological polar surface area (TPSA) is 75.9 Å². The molecule has 2 N–H and O–H groups in total. The van der Waals surface area contributed by atoms with E-state index < -0.39 is 0 Å². The third-order valence-corrected chi connectivity index (χ3v) is 4.67. The maximum atomic E-state index is 12.5. The first-order valence-electron chi connectivity index (χ1n) is 9.15. The van der Waals surface area contributed by atoms with E-state index in [9.17, 15) is 9.59 Å². The summed E-state index contributed by atoms with van der Waals surface area (Å²) in [5.41, 5.74) is 7.48. The van der Waals surface area contributed by atoms with Gasteiger partial charge in [0.15, 0.2) is 6.61 Å². The molecule has 3 rings (SSSR count). The molecule has 2 amide bonds. The molecule has 27 heavy (non-hydrogen) atoms. The molecular weight excluding hydrogens is 342 g/mol. The normalized spacial score (nSPS) is 14.7. The second-order valence-corrected chi connectivity index (χ2v) is 6.68. The first-order chi connectivity index (χ1) is 13.1. The number of hydrogen-bond acceptors (Lipinski definition) is 4. The second kappa shape index (κ2) is 9.19. The van der Waals surface area contributed by atoms with E-state index in [2.05, 4.69) is 12.1 Å². The van der Waals surface area contributed by atoms with Crippen molar-refractivity contribution in [2.24, 2.45) is 5.73 Å². The Labute approximate surface area is 159 Å². The number of rotatable bonds is 7. The van der Waals surface area contributed by atoms with Crippen molar-refractivity contribution in [1.29, 1.82) is 0 Å². The smallest absolute Gasteiger partial charge is 0.260 e. The number of primary amides is 1. The number of benzene rings is 2. The largest absolute Gasteiger partial charge is 0.483 e. The zero-order valence-electron chi connectivity index (χ0n) is 15.3. The van der Waals surface area contributed by atoms with Crippen molar-refractivity contribution in [2.75, 3.05) is 39.3 Å². The number of para-hydroxylation sites is 1. The molecule has 0 saturated carbocycles. The van der Waals surface area contributed by atoms with Gasteiger partial charge < -0.3 is 15.4 Å². The average Bonchev–Trinajstić information content (AvgIpc) is 2.68. The van der Waals surface area contributed by atoms with Gasteiger partial charge in [0.2, 0.25) is 5.91 Å². The van der Waals surface area contributed by atoms with Crippen LogP contribution in [0.1, 0.15) is 11.1 Å². The molecular formula is C21H25N3O3.